The van der Waals surface area contributed by atoms with Gasteiger partial charge in [0.1, 0.15) is 0 Å². The summed E-state index contributed by atoms with van der Waals surface area (Å²) in [6.07, 6.45) is 4.92. The number of nitrogens with two attached hydrogens (primary N) is 1. The van der Waals surface area contributed by atoms with Gasteiger partial charge in [0.05, 0.1) is 5.69 Å². The fraction of sp³-hybridized carbons (Fsp3) is 0.786. The molecule has 0 radical (unpaired) electrons. The van der Waals surface area contributed by atoms with E-state index in [0.717, 1.165) is 23.9 Å². The smallest absolute Gasteiger partial charge is 0.185 e. The van der Waals surface area contributed by atoms with E-state index in [9.17, 15) is 0 Å². The van der Waals surface area contributed by atoms with Crippen LogP contribution in [0.15, 0.2) is 0 Å². The number of unbranched alkanes of at least 4 members (excludes halogenated alkanes) is 2. The highest BCUT2D eigenvalue weighted by Gasteiger charge is 2.15. The molecule has 1 aromatic heterocycles. The van der Waals surface area contributed by atoms with Crippen molar-refractivity contribution in [3.05, 3.63) is 10.6 Å². The van der Waals surface area contributed by atoms with Gasteiger partial charge in [-0.1, -0.05) is 26.7 Å². The molecule has 0 aliphatic rings. The minimum atomic E-state index is 0.0930. The van der Waals surface area contributed by atoms with Crippen LogP contribution in [0.2, 0.25) is 0 Å². The Morgan fingerprint density at radius 3 is 2.17 bits per heavy atom. The van der Waals surface area contributed by atoms with E-state index in [1.54, 1.807) is 11.3 Å². The van der Waals surface area contributed by atoms with E-state index in [2.05, 4.69) is 25.7 Å². The minimum Gasteiger partial charge on any atom is -0.348 e. The Morgan fingerprint density at radius 1 is 1.22 bits per heavy atom. The summed E-state index contributed by atoms with van der Waals surface area (Å²) in [6.45, 7) is 10.8. The highest BCUT2D eigenvalue weighted by molar-refractivity contribution is 7.15. The van der Waals surface area contributed by atoms with Gasteiger partial charge in [-0.05, 0) is 26.7 Å². The van der Waals surface area contributed by atoms with Crippen molar-refractivity contribution in [2.45, 2.75) is 59.4 Å². The summed E-state index contributed by atoms with van der Waals surface area (Å²) < 4.78 is 0. The van der Waals surface area contributed by atoms with Crippen molar-refractivity contribution in [2.24, 2.45) is 5.73 Å². The van der Waals surface area contributed by atoms with Crippen molar-refractivity contribution < 1.29 is 0 Å². The van der Waals surface area contributed by atoms with E-state index < -0.39 is 0 Å². The van der Waals surface area contributed by atoms with Gasteiger partial charge in [0.2, 0.25) is 0 Å². The molecule has 0 saturated carbocycles. The lowest BCUT2D eigenvalue weighted by Gasteiger charge is -2.21. The van der Waals surface area contributed by atoms with Gasteiger partial charge in [0.15, 0.2) is 5.13 Å². The zero-order valence-corrected chi connectivity index (χ0v) is 13.0. The predicted molar refractivity (Wildman–Crippen MR) is 81.5 cm³/mol. The van der Waals surface area contributed by atoms with E-state index in [1.165, 1.54) is 30.6 Å². The van der Waals surface area contributed by atoms with Gasteiger partial charge in [-0.2, -0.15) is 0 Å². The molecule has 1 heterocycles. The molecule has 0 bridgehead atoms. The van der Waals surface area contributed by atoms with Gasteiger partial charge in [-0.25, -0.2) is 4.98 Å². The Labute approximate surface area is 115 Å². The molecule has 2 N–H and O–H groups in total. The van der Waals surface area contributed by atoms with Crippen molar-refractivity contribution >= 4 is 16.5 Å². The molecule has 1 aromatic rings. The van der Waals surface area contributed by atoms with Crippen molar-refractivity contribution in [3.8, 4) is 0 Å². The third-order valence-corrected chi connectivity index (χ3v) is 4.49. The SMILES string of the molecule is CCCCN(CCCC)c1nc(C)c(C(C)N)s1. The van der Waals surface area contributed by atoms with E-state index in [4.69, 9.17) is 10.7 Å². The molecular formula is C14H27N3S. The topological polar surface area (TPSA) is 42.2 Å². The lowest BCUT2D eigenvalue weighted by atomic mass is 10.2. The summed E-state index contributed by atoms with van der Waals surface area (Å²) in [6, 6.07) is 0.0930. The third kappa shape index (κ3) is 4.25. The quantitative estimate of drug-likeness (QED) is 0.779. The number of thiazole rings is 1. The maximum Gasteiger partial charge on any atom is 0.185 e. The lowest BCUT2D eigenvalue weighted by Crippen LogP contribution is -2.25. The summed E-state index contributed by atoms with van der Waals surface area (Å²) >= 11 is 1.77. The minimum absolute atomic E-state index is 0.0930. The van der Waals surface area contributed by atoms with Gasteiger partial charge in [-0.3, -0.25) is 0 Å². The lowest BCUT2D eigenvalue weighted by molar-refractivity contribution is 0.676. The maximum atomic E-state index is 5.98. The molecule has 0 amide bonds. The van der Waals surface area contributed by atoms with E-state index in [-0.39, 0.29) is 6.04 Å². The Kier molecular flexibility index (Phi) is 6.65. The molecule has 1 atom stereocenters. The van der Waals surface area contributed by atoms with E-state index in [1.807, 2.05) is 6.92 Å². The van der Waals surface area contributed by atoms with Gasteiger partial charge >= 0.3 is 0 Å². The van der Waals surface area contributed by atoms with Crippen LogP contribution in [-0.4, -0.2) is 18.1 Å². The first-order valence-corrected chi connectivity index (χ1v) is 7.89. The van der Waals surface area contributed by atoms with Crippen molar-refractivity contribution in [1.29, 1.82) is 0 Å². The number of aromatic nitrogens is 1. The molecule has 0 saturated heterocycles. The van der Waals surface area contributed by atoms with Crippen LogP contribution in [0.1, 0.15) is 63.1 Å². The van der Waals surface area contributed by atoms with Crippen LogP contribution in [0.3, 0.4) is 0 Å². The second-order valence-corrected chi connectivity index (χ2v) is 5.94. The molecule has 3 nitrogen and oxygen atoms in total. The van der Waals surface area contributed by atoms with Gasteiger partial charge in [0, 0.05) is 24.0 Å². The third-order valence-electron chi connectivity index (χ3n) is 3.07. The Morgan fingerprint density at radius 2 is 1.78 bits per heavy atom. The molecular weight excluding hydrogens is 242 g/mol. The second kappa shape index (κ2) is 7.74. The number of hydrogen-bond acceptors (Lipinski definition) is 4. The average molecular weight is 269 g/mol. The molecule has 1 rings (SSSR count). The molecule has 0 aromatic carbocycles. The van der Waals surface area contributed by atoms with Gasteiger partial charge < -0.3 is 10.6 Å². The molecule has 0 aliphatic carbocycles. The van der Waals surface area contributed by atoms with Crippen LogP contribution in [0.4, 0.5) is 5.13 Å². The molecule has 1 unspecified atom stereocenters. The first-order valence-electron chi connectivity index (χ1n) is 7.08. The number of aryl methyl sites for hydroxylation is 1. The highest BCUT2D eigenvalue weighted by Crippen LogP contribution is 2.30. The molecule has 0 spiro atoms. The van der Waals surface area contributed by atoms with Crippen LogP contribution in [-0.2, 0) is 0 Å². The first kappa shape index (κ1) is 15.4. The Balaban J connectivity index is 2.79. The normalized spacial score (nSPS) is 12.7. The van der Waals surface area contributed by atoms with Gasteiger partial charge in [0.25, 0.3) is 0 Å². The van der Waals surface area contributed by atoms with Crippen LogP contribution in [0.5, 0.6) is 0 Å². The van der Waals surface area contributed by atoms with E-state index >= 15 is 0 Å². The number of rotatable bonds is 8. The summed E-state index contributed by atoms with van der Waals surface area (Å²) in [7, 11) is 0. The molecule has 18 heavy (non-hydrogen) atoms. The largest absolute Gasteiger partial charge is 0.348 e. The fourth-order valence-electron chi connectivity index (χ4n) is 1.95. The second-order valence-electron chi connectivity index (χ2n) is 4.93. The van der Waals surface area contributed by atoms with Crippen molar-refractivity contribution in [2.75, 3.05) is 18.0 Å². The van der Waals surface area contributed by atoms with E-state index in [0.29, 0.717) is 0 Å². The molecule has 0 fully saturated rings. The average Bonchev–Trinajstić information content (AvgIpc) is 2.71. The zero-order chi connectivity index (χ0) is 13.5. The standard InChI is InChI=1S/C14H27N3S/c1-5-7-9-17(10-8-6-2)14-16-12(4)13(18-14)11(3)15/h11H,5-10,15H2,1-4H3. The molecule has 4 heteroatoms. The van der Waals surface area contributed by atoms with Crippen LogP contribution in [0, 0.1) is 6.92 Å². The number of anilines is 1. The number of hydrogen-bond donors (Lipinski definition) is 1. The molecule has 0 aliphatic heterocycles. The monoisotopic (exact) mass is 269 g/mol. The summed E-state index contributed by atoms with van der Waals surface area (Å²) in [5.74, 6) is 0. The predicted octanol–water partition coefficient (Wildman–Crippen LogP) is 3.88. The summed E-state index contributed by atoms with van der Waals surface area (Å²) in [4.78, 5) is 8.35. The first-order chi connectivity index (χ1) is 8.60. The van der Waals surface area contributed by atoms with Crippen LogP contribution >= 0.6 is 11.3 Å². The van der Waals surface area contributed by atoms with Crippen LogP contribution < -0.4 is 10.6 Å². The summed E-state index contributed by atoms with van der Waals surface area (Å²) in [5, 5.41) is 1.15. The number of nitrogens with zero attached hydrogens (tertiary/aromatic N) is 2. The summed E-state index contributed by atoms with van der Waals surface area (Å²) in [5.41, 5.74) is 7.08. The Hall–Kier alpha value is -0.610. The van der Waals surface area contributed by atoms with Crippen molar-refractivity contribution in [3.63, 3.8) is 0 Å². The highest BCUT2D eigenvalue weighted by atomic mass is 32.1. The van der Waals surface area contributed by atoms with Gasteiger partial charge in [-0.15, -0.1) is 11.3 Å². The zero-order valence-electron chi connectivity index (χ0n) is 12.2. The Bertz CT molecular complexity index is 339. The van der Waals surface area contributed by atoms with Crippen molar-refractivity contribution in [1.82, 2.24) is 4.98 Å². The molecule has 104 valence electrons. The fourth-order valence-corrected chi connectivity index (χ4v) is 3.02. The van der Waals surface area contributed by atoms with Crippen LogP contribution in [0.25, 0.3) is 0 Å². The maximum absolute atomic E-state index is 5.98.